The zero-order valence-corrected chi connectivity index (χ0v) is 15.1. The second-order valence-corrected chi connectivity index (χ2v) is 6.49. The molecule has 1 aliphatic rings. The summed E-state index contributed by atoms with van der Waals surface area (Å²) in [6, 6.07) is 23.9. The second kappa shape index (κ2) is 7.92. The number of aromatic nitrogens is 1. The number of cyclic esters (lactones) is 1. The Morgan fingerprint density at radius 1 is 1.00 bits per heavy atom. The lowest BCUT2D eigenvalue weighted by Crippen LogP contribution is -2.36. The molecule has 0 aliphatic carbocycles. The van der Waals surface area contributed by atoms with Crippen LogP contribution in [0.3, 0.4) is 0 Å². The minimum absolute atomic E-state index is 0.171. The van der Waals surface area contributed by atoms with Crippen molar-refractivity contribution >= 4 is 23.5 Å². The van der Waals surface area contributed by atoms with Crippen molar-refractivity contribution in [1.29, 1.82) is 0 Å². The molecule has 1 saturated heterocycles. The Labute approximate surface area is 162 Å². The standard InChI is InChI=1S/C22H19N3O3/c26-21(23-17-10-5-2-6-11-17)19-12-7-13-20(24-19)25-18(15-28-22(25)27)14-16-8-3-1-4-9-16/h1-13,18H,14-15H2,(H,23,26)/t18-/m0/s1. The molecule has 6 nitrogen and oxygen atoms in total. The number of nitrogens with one attached hydrogen (secondary N) is 1. The van der Waals surface area contributed by atoms with E-state index in [1.165, 1.54) is 4.90 Å². The summed E-state index contributed by atoms with van der Waals surface area (Å²) in [5.41, 5.74) is 2.02. The highest BCUT2D eigenvalue weighted by molar-refractivity contribution is 6.03. The van der Waals surface area contributed by atoms with Gasteiger partial charge in [-0.15, -0.1) is 0 Å². The molecule has 4 rings (SSSR count). The van der Waals surface area contributed by atoms with E-state index in [1.807, 2.05) is 48.5 Å². The Morgan fingerprint density at radius 3 is 2.46 bits per heavy atom. The summed E-state index contributed by atoms with van der Waals surface area (Å²) < 4.78 is 5.25. The first-order chi connectivity index (χ1) is 13.7. The molecule has 0 spiro atoms. The molecular formula is C22H19N3O3. The van der Waals surface area contributed by atoms with Gasteiger partial charge in [0, 0.05) is 5.69 Å². The molecule has 28 heavy (non-hydrogen) atoms. The van der Waals surface area contributed by atoms with Crippen LogP contribution in [0.2, 0.25) is 0 Å². The summed E-state index contributed by atoms with van der Waals surface area (Å²) >= 11 is 0. The van der Waals surface area contributed by atoms with Crippen LogP contribution >= 0.6 is 0 Å². The molecule has 0 unspecified atom stereocenters. The van der Waals surface area contributed by atoms with E-state index in [-0.39, 0.29) is 24.2 Å². The maximum absolute atomic E-state index is 12.5. The smallest absolute Gasteiger partial charge is 0.415 e. The number of para-hydroxylation sites is 1. The van der Waals surface area contributed by atoms with E-state index in [4.69, 9.17) is 4.74 Å². The predicted octanol–water partition coefficient (Wildman–Crippen LogP) is 3.90. The Balaban J connectivity index is 1.55. The van der Waals surface area contributed by atoms with Crippen LogP contribution < -0.4 is 10.2 Å². The molecule has 1 fully saturated rings. The van der Waals surface area contributed by atoms with Crippen molar-refractivity contribution in [3.05, 3.63) is 90.1 Å². The summed E-state index contributed by atoms with van der Waals surface area (Å²) in [7, 11) is 0. The maximum Gasteiger partial charge on any atom is 0.415 e. The van der Waals surface area contributed by atoms with Crippen LogP contribution in [-0.2, 0) is 11.2 Å². The van der Waals surface area contributed by atoms with Crippen LogP contribution in [0.15, 0.2) is 78.9 Å². The van der Waals surface area contributed by atoms with Gasteiger partial charge in [0.1, 0.15) is 18.1 Å². The van der Waals surface area contributed by atoms with Crippen LogP contribution in [0, 0.1) is 0 Å². The molecule has 140 valence electrons. The monoisotopic (exact) mass is 373 g/mol. The number of rotatable bonds is 5. The van der Waals surface area contributed by atoms with Crippen molar-refractivity contribution in [3.8, 4) is 0 Å². The fraction of sp³-hybridized carbons (Fsp3) is 0.136. The SMILES string of the molecule is O=C(Nc1ccccc1)c1cccc(N2C(=O)OC[C@@H]2Cc2ccccc2)n1. The summed E-state index contributed by atoms with van der Waals surface area (Å²) in [5.74, 6) is 0.0735. The number of carbonyl (C=O) groups is 2. The molecule has 3 aromatic rings. The van der Waals surface area contributed by atoms with E-state index in [2.05, 4.69) is 10.3 Å². The fourth-order valence-electron chi connectivity index (χ4n) is 3.18. The zero-order valence-electron chi connectivity index (χ0n) is 15.1. The third-order valence-corrected chi connectivity index (χ3v) is 4.52. The van der Waals surface area contributed by atoms with Crippen LogP contribution in [0.1, 0.15) is 16.1 Å². The molecule has 0 radical (unpaired) electrons. The lowest BCUT2D eigenvalue weighted by Gasteiger charge is -2.21. The fourth-order valence-corrected chi connectivity index (χ4v) is 3.18. The predicted molar refractivity (Wildman–Crippen MR) is 106 cm³/mol. The van der Waals surface area contributed by atoms with E-state index in [0.717, 1.165) is 5.56 Å². The molecule has 0 saturated carbocycles. The normalized spacial score (nSPS) is 15.9. The second-order valence-electron chi connectivity index (χ2n) is 6.49. The Morgan fingerprint density at radius 2 is 1.71 bits per heavy atom. The van der Waals surface area contributed by atoms with Gasteiger partial charge in [0.25, 0.3) is 5.91 Å². The summed E-state index contributed by atoms with van der Waals surface area (Å²) in [5, 5.41) is 2.80. The molecule has 1 aromatic heterocycles. The van der Waals surface area contributed by atoms with Crippen molar-refractivity contribution in [2.75, 3.05) is 16.8 Å². The largest absolute Gasteiger partial charge is 0.447 e. The van der Waals surface area contributed by atoms with Crippen molar-refractivity contribution < 1.29 is 14.3 Å². The molecule has 1 N–H and O–H groups in total. The third kappa shape index (κ3) is 3.86. The number of hydrogen-bond acceptors (Lipinski definition) is 4. The lowest BCUT2D eigenvalue weighted by molar-refractivity contribution is 0.102. The highest BCUT2D eigenvalue weighted by atomic mass is 16.6. The Hall–Kier alpha value is -3.67. The van der Waals surface area contributed by atoms with Gasteiger partial charge in [-0.25, -0.2) is 9.78 Å². The van der Waals surface area contributed by atoms with E-state index in [1.54, 1.807) is 30.3 Å². The van der Waals surface area contributed by atoms with Gasteiger partial charge < -0.3 is 10.1 Å². The average Bonchev–Trinajstić information content (AvgIpc) is 3.09. The first-order valence-electron chi connectivity index (χ1n) is 9.04. The topological polar surface area (TPSA) is 71.5 Å². The maximum atomic E-state index is 12.5. The van der Waals surface area contributed by atoms with Gasteiger partial charge in [-0.1, -0.05) is 54.6 Å². The first-order valence-corrected chi connectivity index (χ1v) is 9.04. The van der Waals surface area contributed by atoms with Crippen LogP contribution in [0.5, 0.6) is 0 Å². The van der Waals surface area contributed by atoms with Gasteiger partial charge in [-0.05, 0) is 36.2 Å². The number of carbonyl (C=O) groups excluding carboxylic acids is 2. The van der Waals surface area contributed by atoms with Crippen molar-refractivity contribution in [1.82, 2.24) is 4.98 Å². The van der Waals surface area contributed by atoms with E-state index in [9.17, 15) is 9.59 Å². The quantitative estimate of drug-likeness (QED) is 0.736. The summed E-state index contributed by atoms with van der Waals surface area (Å²) in [4.78, 5) is 30.8. The average molecular weight is 373 g/mol. The van der Waals surface area contributed by atoms with Gasteiger partial charge in [0.05, 0.1) is 6.04 Å². The third-order valence-electron chi connectivity index (χ3n) is 4.52. The number of pyridine rings is 1. The zero-order chi connectivity index (χ0) is 19.3. The highest BCUT2D eigenvalue weighted by Gasteiger charge is 2.35. The van der Waals surface area contributed by atoms with Gasteiger partial charge in [0.15, 0.2) is 0 Å². The van der Waals surface area contributed by atoms with Crippen LogP contribution in [-0.4, -0.2) is 29.6 Å². The minimum atomic E-state index is -0.450. The molecule has 2 amide bonds. The molecule has 1 aliphatic heterocycles. The van der Waals surface area contributed by atoms with E-state index < -0.39 is 6.09 Å². The van der Waals surface area contributed by atoms with Crippen molar-refractivity contribution in [3.63, 3.8) is 0 Å². The Kier molecular flexibility index (Phi) is 5.01. The number of anilines is 2. The van der Waals surface area contributed by atoms with Gasteiger partial charge in [-0.3, -0.25) is 9.69 Å². The van der Waals surface area contributed by atoms with Crippen molar-refractivity contribution in [2.45, 2.75) is 12.5 Å². The number of ether oxygens (including phenoxy) is 1. The number of nitrogens with zero attached hydrogens (tertiary/aromatic N) is 2. The number of amides is 2. The van der Waals surface area contributed by atoms with Crippen LogP contribution in [0.25, 0.3) is 0 Å². The summed E-state index contributed by atoms with van der Waals surface area (Å²) in [6.45, 7) is 0.288. The molecular weight excluding hydrogens is 354 g/mol. The van der Waals surface area contributed by atoms with Gasteiger partial charge in [-0.2, -0.15) is 0 Å². The molecule has 2 aromatic carbocycles. The molecule has 1 atom stereocenters. The Bertz CT molecular complexity index is 977. The molecule has 0 bridgehead atoms. The van der Waals surface area contributed by atoms with Crippen LogP contribution in [0.4, 0.5) is 16.3 Å². The number of hydrogen-bond donors (Lipinski definition) is 1. The van der Waals surface area contributed by atoms with E-state index >= 15 is 0 Å². The number of benzene rings is 2. The molecule has 2 heterocycles. The minimum Gasteiger partial charge on any atom is -0.447 e. The summed E-state index contributed by atoms with van der Waals surface area (Å²) in [6.07, 6.45) is 0.198. The van der Waals surface area contributed by atoms with E-state index in [0.29, 0.717) is 17.9 Å². The van der Waals surface area contributed by atoms with Gasteiger partial charge >= 0.3 is 6.09 Å². The van der Waals surface area contributed by atoms with Crippen molar-refractivity contribution in [2.24, 2.45) is 0 Å². The lowest BCUT2D eigenvalue weighted by atomic mass is 10.1. The first kappa shape index (κ1) is 17.7. The highest BCUT2D eigenvalue weighted by Crippen LogP contribution is 2.24. The molecule has 6 heteroatoms. The van der Waals surface area contributed by atoms with Gasteiger partial charge in [0.2, 0.25) is 0 Å².